The van der Waals surface area contributed by atoms with Crippen molar-refractivity contribution >= 4 is 40.4 Å². The van der Waals surface area contributed by atoms with Crippen LogP contribution in [0.3, 0.4) is 0 Å². The summed E-state index contributed by atoms with van der Waals surface area (Å²) in [5, 5.41) is 5.28. The van der Waals surface area contributed by atoms with E-state index >= 15 is 0 Å². The molecule has 0 aliphatic heterocycles. The van der Waals surface area contributed by atoms with Gasteiger partial charge >= 0.3 is 0 Å². The minimum atomic E-state index is -0.248. The molecule has 6 nitrogen and oxygen atoms in total. The number of rotatable bonds is 8. The lowest BCUT2D eigenvalue weighted by atomic mass is 10.3. The average Bonchev–Trinajstić information content (AvgIpc) is 2.99. The molecule has 0 bridgehead atoms. The fraction of sp³-hybridized carbons (Fsp3) is 0.368. The van der Waals surface area contributed by atoms with Crippen molar-refractivity contribution in [3.05, 3.63) is 45.1 Å². The third-order valence-corrected chi connectivity index (χ3v) is 5.27. The number of anilines is 1. The highest BCUT2D eigenvalue weighted by Gasteiger charge is 2.16. The molecule has 27 heavy (non-hydrogen) atoms. The lowest BCUT2D eigenvalue weighted by Gasteiger charge is -2.21. The van der Waals surface area contributed by atoms with E-state index in [4.69, 9.17) is 16.3 Å². The number of thiophene rings is 1. The van der Waals surface area contributed by atoms with Crippen molar-refractivity contribution in [2.75, 3.05) is 39.6 Å². The zero-order valence-corrected chi connectivity index (χ0v) is 17.5. The van der Waals surface area contributed by atoms with Crippen LogP contribution in [0.4, 0.5) is 5.69 Å². The maximum absolute atomic E-state index is 12.4. The van der Waals surface area contributed by atoms with Gasteiger partial charge in [-0.1, -0.05) is 11.6 Å². The first kappa shape index (κ1) is 21.2. The Bertz CT molecular complexity index is 809. The summed E-state index contributed by atoms with van der Waals surface area (Å²) in [7, 11) is 5.03. The van der Waals surface area contributed by atoms with Gasteiger partial charge in [-0.15, -0.1) is 11.3 Å². The summed E-state index contributed by atoms with van der Waals surface area (Å²) in [5.74, 6) is 0.235. The maximum Gasteiger partial charge on any atom is 0.238 e. The molecule has 1 heterocycles. The molecule has 0 fully saturated rings. The number of aryl methyl sites for hydroxylation is 1. The van der Waals surface area contributed by atoms with Crippen LogP contribution < -0.4 is 10.1 Å². The minimum absolute atomic E-state index is 0.0431. The number of carbonyl (C=O) groups is 2. The Balaban J connectivity index is 1.86. The second-order valence-electron chi connectivity index (χ2n) is 6.34. The quantitative estimate of drug-likeness (QED) is 0.727. The zero-order chi connectivity index (χ0) is 20.0. The van der Waals surface area contributed by atoms with Crippen molar-refractivity contribution in [3.63, 3.8) is 0 Å². The van der Waals surface area contributed by atoms with Crippen LogP contribution in [0.15, 0.2) is 29.6 Å². The molecule has 0 aliphatic carbocycles. The van der Waals surface area contributed by atoms with Gasteiger partial charge in [0.25, 0.3) is 0 Å². The monoisotopic (exact) mass is 409 g/mol. The Morgan fingerprint density at radius 2 is 1.96 bits per heavy atom. The van der Waals surface area contributed by atoms with E-state index in [0.717, 1.165) is 0 Å². The van der Waals surface area contributed by atoms with Crippen LogP contribution in [0.1, 0.15) is 10.4 Å². The molecule has 146 valence electrons. The van der Waals surface area contributed by atoms with Crippen molar-refractivity contribution in [2.24, 2.45) is 0 Å². The highest BCUT2D eigenvalue weighted by atomic mass is 35.5. The van der Waals surface area contributed by atoms with Crippen LogP contribution >= 0.6 is 22.9 Å². The molecule has 1 aromatic carbocycles. The number of benzene rings is 1. The van der Waals surface area contributed by atoms with Crippen molar-refractivity contribution in [1.82, 2.24) is 9.80 Å². The van der Waals surface area contributed by atoms with E-state index in [1.54, 1.807) is 53.4 Å². The molecule has 0 saturated heterocycles. The Kier molecular flexibility index (Phi) is 7.65. The summed E-state index contributed by atoms with van der Waals surface area (Å²) in [6.45, 7) is 2.83. The van der Waals surface area contributed by atoms with E-state index in [1.165, 1.54) is 17.6 Å². The van der Waals surface area contributed by atoms with Gasteiger partial charge in [-0.3, -0.25) is 14.5 Å². The first-order valence-corrected chi connectivity index (χ1v) is 9.64. The van der Waals surface area contributed by atoms with Gasteiger partial charge in [0.2, 0.25) is 11.8 Å². The molecule has 1 N–H and O–H groups in total. The molecule has 0 spiro atoms. The largest absolute Gasteiger partial charge is 0.495 e. The smallest absolute Gasteiger partial charge is 0.238 e. The van der Waals surface area contributed by atoms with Crippen LogP contribution in [-0.2, 0) is 16.1 Å². The van der Waals surface area contributed by atoms with Gasteiger partial charge in [-0.05, 0) is 49.2 Å². The van der Waals surface area contributed by atoms with Crippen molar-refractivity contribution in [3.8, 4) is 5.75 Å². The fourth-order valence-corrected chi connectivity index (χ4v) is 3.62. The fourth-order valence-electron chi connectivity index (χ4n) is 2.49. The van der Waals surface area contributed by atoms with E-state index in [0.29, 0.717) is 23.0 Å². The van der Waals surface area contributed by atoms with E-state index in [9.17, 15) is 9.59 Å². The van der Waals surface area contributed by atoms with Gasteiger partial charge in [0.15, 0.2) is 0 Å². The van der Waals surface area contributed by atoms with Crippen LogP contribution in [0.5, 0.6) is 5.75 Å². The highest BCUT2D eigenvalue weighted by Crippen LogP contribution is 2.27. The number of amides is 2. The van der Waals surface area contributed by atoms with Crippen LogP contribution in [0.25, 0.3) is 0 Å². The van der Waals surface area contributed by atoms with E-state index in [1.807, 2.05) is 18.4 Å². The second-order valence-corrected chi connectivity index (χ2v) is 7.78. The first-order valence-electron chi connectivity index (χ1n) is 8.39. The number of hydrogen-bond donors (Lipinski definition) is 1. The summed E-state index contributed by atoms with van der Waals surface area (Å²) in [4.78, 5) is 29.2. The van der Waals surface area contributed by atoms with Crippen molar-refractivity contribution < 1.29 is 14.3 Å². The normalized spacial score (nSPS) is 10.7. The molecule has 0 atom stereocenters. The highest BCUT2D eigenvalue weighted by molar-refractivity contribution is 7.10. The Labute approximate surface area is 168 Å². The van der Waals surface area contributed by atoms with Gasteiger partial charge in [0.05, 0.1) is 32.4 Å². The lowest BCUT2D eigenvalue weighted by molar-refractivity contribution is -0.131. The van der Waals surface area contributed by atoms with Gasteiger partial charge in [-0.2, -0.15) is 0 Å². The summed E-state index contributed by atoms with van der Waals surface area (Å²) in [6, 6.07) is 7.04. The van der Waals surface area contributed by atoms with Gasteiger partial charge < -0.3 is 15.0 Å². The average molecular weight is 410 g/mol. The predicted octanol–water partition coefficient (Wildman–Crippen LogP) is 3.25. The first-order chi connectivity index (χ1) is 12.8. The predicted molar refractivity (Wildman–Crippen MR) is 110 cm³/mol. The minimum Gasteiger partial charge on any atom is -0.495 e. The van der Waals surface area contributed by atoms with E-state index < -0.39 is 0 Å². The number of halogens is 1. The third-order valence-electron chi connectivity index (χ3n) is 4.03. The number of carbonyl (C=O) groups excluding carboxylic acids is 2. The summed E-state index contributed by atoms with van der Waals surface area (Å²) >= 11 is 7.61. The summed E-state index contributed by atoms with van der Waals surface area (Å²) < 4.78 is 5.21. The van der Waals surface area contributed by atoms with Gasteiger partial charge in [0, 0.05) is 16.9 Å². The lowest BCUT2D eigenvalue weighted by Crippen LogP contribution is -2.39. The molecular formula is C19H24ClN3O3S. The van der Waals surface area contributed by atoms with Crippen LogP contribution in [-0.4, -0.2) is 55.9 Å². The number of methoxy groups -OCH3 is 1. The topological polar surface area (TPSA) is 61.9 Å². The number of nitrogens with one attached hydrogen (secondary N) is 1. The van der Waals surface area contributed by atoms with E-state index in [-0.39, 0.29) is 24.9 Å². The molecule has 0 radical (unpaired) electrons. The molecule has 1 aromatic heterocycles. The summed E-state index contributed by atoms with van der Waals surface area (Å²) in [6.07, 6.45) is 0. The SMILES string of the molecule is COc1ccc(Cl)cc1NC(=O)CN(C)CC(=O)N(C)Cc1sccc1C. The van der Waals surface area contributed by atoms with Gasteiger partial charge in [-0.25, -0.2) is 0 Å². The second kappa shape index (κ2) is 9.73. The summed E-state index contributed by atoms with van der Waals surface area (Å²) in [5.41, 5.74) is 1.68. The Morgan fingerprint density at radius 1 is 1.22 bits per heavy atom. The molecular weight excluding hydrogens is 386 g/mol. The molecule has 2 amide bonds. The number of hydrogen-bond acceptors (Lipinski definition) is 5. The molecule has 0 unspecified atom stereocenters. The number of likely N-dealkylation sites (N-methyl/N-ethyl adjacent to an activating group) is 2. The van der Waals surface area contributed by atoms with Crippen LogP contribution in [0.2, 0.25) is 5.02 Å². The standard InChI is InChI=1S/C19H24ClN3O3S/c1-13-7-8-27-17(13)10-23(3)19(25)12-22(2)11-18(24)21-15-9-14(20)5-6-16(15)26-4/h5-9H,10-12H2,1-4H3,(H,21,24). The maximum atomic E-state index is 12.4. The third kappa shape index (κ3) is 6.23. The molecule has 2 aromatic rings. The molecule has 0 aliphatic rings. The van der Waals surface area contributed by atoms with E-state index in [2.05, 4.69) is 5.32 Å². The Hall–Kier alpha value is -2.09. The van der Waals surface area contributed by atoms with Crippen LogP contribution in [0, 0.1) is 6.92 Å². The van der Waals surface area contributed by atoms with Gasteiger partial charge in [0.1, 0.15) is 5.75 Å². The molecule has 8 heteroatoms. The van der Waals surface area contributed by atoms with Crippen molar-refractivity contribution in [2.45, 2.75) is 13.5 Å². The zero-order valence-electron chi connectivity index (χ0n) is 15.9. The molecule has 0 saturated carbocycles. The van der Waals surface area contributed by atoms with Crippen molar-refractivity contribution in [1.29, 1.82) is 0 Å². The molecule has 2 rings (SSSR count). The Morgan fingerprint density at radius 3 is 2.59 bits per heavy atom. The number of ether oxygens (including phenoxy) is 1. The number of nitrogens with zero attached hydrogens (tertiary/aromatic N) is 2.